The number of rotatable bonds is 4. The number of benzene rings is 2. The molecule has 2 aromatic rings. The average molecular weight is 345 g/mol. The van der Waals surface area contributed by atoms with Crippen LogP contribution in [-0.2, 0) is 4.79 Å². The number of hydrogen-bond acceptors (Lipinski definition) is 3. The van der Waals surface area contributed by atoms with E-state index in [9.17, 15) is 9.18 Å². The van der Waals surface area contributed by atoms with E-state index in [1.807, 2.05) is 0 Å². The molecule has 0 aromatic heterocycles. The van der Waals surface area contributed by atoms with Crippen molar-refractivity contribution in [2.75, 3.05) is 16.8 Å². The molecule has 0 aliphatic heterocycles. The summed E-state index contributed by atoms with van der Waals surface area (Å²) in [6, 6.07) is 9.09. The number of nitrogens with one attached hydrogen (secondary N) is 1. The normalized spacial score (nSPS) is 10.4. The molecule has 2 aromatic carbocycles. The van der Waals surface area contributed by atoms with Crippen LogP contribution in [0, 0.1) is 5.82 Å². The molecule has 0 aliphatic carbocycles. The molecule has 3 N–H and O–H groups in total. The van der Waals surface area contributed by atoms with Gasteiger partial charge in [0.2, 0.25) is 5.91 Å². The van der Waals surface area contributed by atoms with E-state index >= 15 is 0 Å². The van der Waals surface area contributed by atoms with Crippen molar-refractivity contribution in [2.24, 2.45) is 0 Å². The molecular weight excluding hydrogens is 334 g/mol. The van der Waals surface area contributed by atoms with Gasteiger partial charge in [0.25, 0.3) is 0 Å². The number of thioether (sulfide) groups is 1. The third-order valence-corrected chi connectivity index (χ3v) is 4.31. The van der Waals surface area contributed by atoms with E-state index in [4.69, 9.17) is 28.9 Å². The zero-order valence-electron chi connectivity index (χ0n) is 10.7. The van der Waals surface area contributed by atoms with Gasteiger partial charge in [-0.05, 0) is 36.4 Å². The molecule has 0 bridgehead atoms. The summed E-state index contributed by atoms with van der Waals surface area (Å²) in [6.45, 7) is 0. The number of anilines is 2. The van der Waals surface area contributed by atoms with Crippen LogP contribution < -0.4 is 11.1 Å². The van der Waals surface area contributed by atoms with E-state index in [1.165, 1.54) is 30.0 Å². The molecule has 0 atom stereocenters. The van der Waals surface area contributed by atoms with E-state index in [0.717, 1.165) is 4.90 Å². The van der Waals surface area contributed by atoms with E-state index in [2.05, 4.69) is 5.32 Å². The Hall–Kier alpha value is -1.43. The monoisotopic (exact) mass is 344 g/mol. The highest BCUT2D eigenvalue weighted by molar-refractivity contribution is 8.00. The van der Waals surface area contributed by atoms with Gasteiger partial charge in [0.05, 0.1) is 15.8 Å². The van der Waals surface area contributed by atoms with Gasteiger partial charge in [0.15, 0.2) is 0 Å². The van der Waals surface area contributed by atoms with Crippen molar-refractivity contribution in [1.82, 2.24) is 0 Å². The molecule has 0 fully saturated rings. The Morgan fingerprint density at radius 3 is 2.62 bits per heavy atom. The maximum absolute atomic E-state index is 13.0. The lowest BCUT2D eigenvalue weighted by Gasteiger charge is -2.07. The van der Waals surface area contributed by atoms with Crippen LogP contribution in [0.4, 0.5) is 15.8 Å². The zero-order chi connectivity index (χ0) is 15.4. The zero-order valence-corrected chi connectivity index (χ0v) is 13.0. The van der Waals surface area contributed by atoms with Crippen LogP contribution in [0.5, 0.6) is 0 Å². The van der Waals surface area contributed by atoms with Crippen molar-refractivity contribution in [3.63, 3.8) is 0 Å². The Morgan fingerprint density at radius 1 is 1.19 bits per heavy atom. The van der Waals surface area contributed by atoms with Crippen molar-refractivity contribution in [2.45, 2.75) is 4.90 Å². The lowest BCUT2D eigenvalue weighted by molar-refractivity contribution is -0.113. The molecule has 3 nitrogen and oxygen atoms in total. The van der Waals surface area contributed by atoms with Crippen molar-refractivity contribution in [1.29, 1.82) is 0 Å². The summed E-state index contributed by atoms with van der Waals surface area (Å²) >= 11 is 12.9. The maximum Gasteiger partial charge on any atom is 0.234 e. The SMILES string of the molecule is Nc1ccc(SCC(=O)Nc2ccc(F)c(Cl)c2)c(Cl)c1. The Balaban J connectivity index is 1.94. The van der Waals surface area contributed by atoms with Gasteiger partial charge >= 0.3 is 0 Å². The molecule has 0 aliphatic rings. The molecule has 110 valence electrons. The summed E-state index contributed by atoms with van der Waals surface area (Å²) in [5, 5.41) is 3.09. The van der Waals surface area contributed by atoms with Crippen LogP contribution >= 0.6 is 35.0 Å². The molecule has 0 spiro atoms. The van der Waals surface area contributed by atoms with Gasteiger partial charge in [-0.2, -0.15) is 0 Å². The minimum absolute atomic E-state index is 0.0398. The lowest BCUT2D eigenvalue weighted by Crippen LogP contribution is -2.14. The summed E-state index contributed by atoms with van der Waals surface area (Å²) < 4.78 is 13.0. The number of nitrogen functional groups attached to an aromatic ring is 1. The van der Waals surface area contributed by atoms with Gasteiger partial charge in [-0.15, -0.1) is 11.8 Å². The van der Waals surface area contributed by atoms with Crippen LogP contribution in [0.3, 0.4) is 0 Å². The smallest absolute Gasteiger partial charge is 0.234 e. The molecule has 0 unspecified atom stereocenters. The summed E-state index contributed by atoms with van der Waals surface area (Å²) in [5.74, 6) is -0.605. The van der Waals surface area contributed by atoms with Crippen LogP contribution in [0.1, 0.15) is 0 Å². The minimum Gasteiger partial charge on any atom is -0.399 e. The van der Waals surface area contributed by atoms with Gasteiger partial charge in [0, 0.05) is 16.3 Å². The van der Waals surface area contributed by atoms with Gasteiger partial charge < -0.3 is 11.1 Å². The third kappa shape index (κ3) is 4.52. The second kappa shape index (κ2) is 7.02. The molecule has 0 saturated carbocycles. The Morgan fingerprint density at radius 2 is 1.95 bits per heavy atom. The first-order chi connectivity index (χ1) is 9.95. The van der Waals surface area contributed by atoms with E-state index in [0.29, 0.717) is 16.4 Å². The van der Waals surface area contributed by atoms with Gasteiger partial charge in [-0.25, -0.2) is 4.39 Å². The van der Waals surface area contributed by atoms with Gasteiger partial charge in [-0.3, -0.25) is 4.79 Å². The summed E-state index contributed by atoms with van der Waals surface area (Å²) in [6.07, 6.45) is 0. The fourth-order valence-electron chi connectivity index (χ4n) is 1.55. The molecule has 0 radical (unpaired) electrons. The standard InChI is InChI=1S/C14H11Cl2FN2OS/c15-10-6-9(2-3-12(10)17)19-14(20)7-21-13-4-1-8(18)5-11(13)16/h1-6H,7,18H2,(H,19,20). The summed E-state index contributed by atoms with van der Waals surface area (Å²) in [7, 11) is 0. The first-order valence-electron chi connectivity index (χ1n) is 5.88. The van der Waals surface area contributed by atoms with Gasteiger partial charge in [-0.1, -0.05) is 23.2 Å². The van der Waals surface area contributed by atoms with E-state index in [-0.39, 0.29) is 16.7 Å². The van der Waals surface area contributed by atoms with E-state index in [1.54, 1.807) is 18.2 Å². The Kier molecular flexibility index (Phi) is 5.33. The highest BCUT2D eigenvalue weighted by Gasteiger charge is 2.08. The number of halogens is 3. The second-order valence-corrected chi connectivity index (χ2v) is 5.99. The highest BCUT2D eigenvalue weighted by Crippen LogP contribution is 2.29. The van der Waals surface area contributed by atoms with Crippen LogP contribution in [0.2, 0.25) is 10.0 Å². The van der Waals surface area contributed by atoms with Crippen molar-refractivity contribution in [3.05, 3.63) is 52.3 Å². The predicted octanol–water partition coefficient (Wildman–Crippen LogP) is 4.45. The van der Waals surface area contributed by atoms with Crippen LogP contribution in [0.15, 0.2) is 41.3 Å². The first kappa shape index (κ1) is 15.9. The molecule has 21 heavy (non-hydrogen) atoms. The molecule has 7 heteroatoms. The van der Waals surface area contributed by atoms with Crippen molar-refractivity contribution >= 4 is 52.2 Å². The van der Waals surface area contributed by atoms with Crippen molar-refractivity contribution < 1.29 is 9.18 Å². The first-order valence-corrected chi connectivity index (χ1v) is 7.62. The maximum atomic E-state index is 13.0. The topological polar surface area (TPSA) is 55.1 Å². The van der Waals surface area contributed by atoms with Crippen molar-refractivity contribution in [3.8, 4) is 0 Å². The Labute approximate surface area is 135 Å². The molecule has 2 rings (SSSR count). The minimum atomic E-state index is -0.530. The summed E-state index contributed by atoms with van der Waals surface area (Å²) in [4.78, 5) is 12.6. The average Bonchev–Trinajstić information content (AvgIpc) is 2.42. The largest absolute Gasteiger partial charge is 0.399 e. The molecule has 1 amide bonds. The van der Waals surface area contributed by atoms with Crippen LogP contribution in [-0.4, -0.2) is 11.7 Å². The molecule has 0 heterocycles. The molecule has 0 saturated heterocycles. The predicted molar refractivity (Wildman–Crippen MR) is 86.6 cm³/mol. The quantitative estimate of drug-likeness (QED) is 0.636. The lowest BCUT2D eigenvalue weighted by atomic mass is 10.3. The van der Waals surface area contributed by atoms with Crippen LogP contribution in [0.25, 0.3) is 0 Å². The van der Waals surface area contributed by atoms with E-state index < -0.39 is 5.82 Å². The fraction of sp³-hybridized carbons (Fsp3) is 0.0714. The second-order valence-electron chi connectivity index (χ2n) is 4.16. The Bertz CT molecular complexity index is 682. The third-order valence-electron chi connectivity index (χ3n) is 2.52. The fourth-order valence-corrected chi connectivity index (χ4v) is 2.80. The number of carbonyl (C=O) groups is 1. The number of hydrogen-bond donors (Lipinski definition) is 2. The number of nitrogens with two attached hydrogens (primary N) is 1. The highest BCUT2D eigenvalue weighted by atomic mass is 35.5. The summed E-state index contributed by atoms with van der Waals surface area (Å²) in [5.41, 5.74) is 6.60. The van der Waals surface area contributed by atoms with Gasteiger partial charge in [0.1, 0.15) is 5.82 Å². The number of amides is 1. The molecular formula is C14H11Cl2FN2OS. The number of carbonyl (C=O) groups excluding carboxylic acids is 1.